The summed E-state index contributed by atoms with van der Waals surface area (Å²) in [6, 6.07) is 15.3. The Kier molecular flexibility index (Phi) is 5.65. The normalized spacial score (nSPS) is 17.2. The maximum atomic E-state index is 13.0. The average molecular weight is 424 g/mol. The lowest BCUT2D eigenvalue weighted by atomic mass is 9.86. The molecule has 1 saturated heterocycles. The third-order valence-electron chi connectivity index (χ3n) is 5.60. The lowest BCUT2D eigenvalue weighted by Gasteiger charge is -2.31. The number of carbonyl (C=O) groups is 1. The number of halogens is 1. The van der Waals surface area contributed by atoms with E-state index in [-0.39, 0.29) is 17.2 Å². The zero-order valence-corrected chi connectivity index (χ0v) is 18.3. The number of aromatic nitrogens is 2. The van der Waals surface area contributed by atoms with Gasteiger partial charge in [-0.05, 0) is 60.2 Å². The number of amides is 1. The SMILES string of the molecule is CC(C)(C)c1ccc(C(=O)N2CCC[C@@H](c3nc(-c4ccc(Cl)cc4)no3)C2)cc1. The van der Waals surface area contributed by atoms with Gasteiger partial charge in [-0.1, -0.05) is 49.7 Å². The number of carbonyl (C=O) groups excluding carboxylic acids is 1. The van der Waals surface area contributed by atoms with Crippen LogP contribution < -0.4 is 0 Å². The summed E-state index contributed by atoms with van der Waals surface area (Å²) < 4.78 is 5.54. The van der Waals surface area contributed by atoms with Gasteiger partial charge in [-0.15, -0.1) is 0 Å². The van der Waals surface area contributed by atoms with E-state index < -0.39 is 0 Å². The molecule has 4 rings (SSSR count). The molecule has 3 aromatic rings. The van der Waals surface area contributed by atoms with Crippen molar-refractivity contribution >= 4 is 17.5 Å². The van der Waals surface area contributed by atoms with Crippen LogP contribution in [0.1, 0.15) is 61.3 Å². The molecule has 30 heavy (non-hydrogen) atoms. The Balaban J connectivity index is 1.47. The monoisotopic (exact) mass is 423 g/mol. The van der Waals surface area contributed by atoms with E-state index >= 15 is 0 Å². The third-order valence-corrected chi connectivity index (χ3v) is 5.85. The van der Waals surface area contributed by atoms with Crippen LogP contribution in [0.5, 0.6) is 0 Å². The minimum absolute atomic E-state index is 0.0464. The van der Waals surface area contributed by atoms with Gasteiger partial charge in [0.25, 0.3) is 5.91 Å². The second kappa shape index (κ2) is 8.23. The first-order valence-electron chi connectivity index (χ1n) is 10.3. The van der Waals surface area contributed by atoms with Crippen molar-refractivity contribution in [3.05, 3.63) is 70.6 Å². The molecule has 6 heteroatoms. The minimum Gasteiger partial charge on any atom is -0.339 e. The highest BCUT2D eigenvalue weighted by molar-refractivity contribution is 6.30. The van der Waals surface area contributed by atoms with Crippen molar-refractivity contribution in [1.82, 2.24) is 15.0 Å². The maximum Gasteiger partial charge on any atom is 0.253 e. The molecule has 1 amide bonds. The molecule has 0 spiro atoms. The van der Waals surface area contributed by atoms with Crippen LogP contribution in [0, 0.1) is 0 Å². The van der Waals surface area contributed by atoms with Crippen LogP contribution in [0.3, 0.4) is 0 Å². The molecule has 1 aliphatic rings. The molecule has 1 fully saturated rings. The van der Waals surface area contributed by atoms with Gasteiger partial charge >= 0.3 is 0 Å². The molecule has 2 heterocycles. The van der Waals surface area contributed by atoms with Crippen molar-refractivity contribution in [1.29, 1.82) is 0 Å². The molecule has 0 saturated carbocycles. The lowest BCUT2D eigenvalue weighted by Crippen LogP contribution is -2.39. The van der Waals surface area contributed by atoms with Gasteiger partial charge in [-0.3, -0.25) is 4.79 Å². The summed E-state index contributed by atoms with van der Waals surface area (Å²) in [4.78, 5) is 19.5. The summed E-state index contributed by atoms with van der Waals surface area (Å²) in [6.45, 7) is 7.84. The lowest BCUT2D eigenvalue weighted by molar-refractivity contribution is 0.0695. The Bertz CT molecular complexity index is 1020. The van der Waals surface area contributed by atoms with Crippen LogP contribution in [0.25, 0.3) is 11.4 Å². The standard InChI is InChI=1S/C24H26ClN3O2/c1-24(2,3)19-10-6-17(7-11-19)23(29)28-14-4-5-18(15-28)22-26-21(27-30-22)16-8-12-20(25)13-9-16/h6-13,18H,4-5,14-15H2,1-3H3/t18-/m1/s1. The van der Waals surface area contributed by atoms with Crippen molar-refractivity contribution in [3.63, 3.8) is 0 Å². The number of benzene rings is 2. The van der Waals surface area contributed by atoms with E-state index in [1.165, 1.54) is 5.56 Å². The smallest absolute Gasteiger partial charge is 0.253 e. The molecule has 1 atom stereocenters. The Morgan fingerprint density at radius 2 is 1.80 bits per heavy atom. The summed E-state index contributed by atoms with van der Waals surface area (Å²) in [5.74, 6) is 1.23. The van der Waals surface area contributed by atoms with Gasteiger partial charge in [-0.25, -0.2) is 0 Å². The number of rotatable bonds is 3. The average Bonchev–Trinajstić information content (AvgIpc) is 3.24. The molecule has 156 valence electrons. The molecule has 0 N–H and O–H groups in total. The maximum absolute atomic E-state index is 13.0. The summed E-state index contributed by atoms with van der Waals surface area (Å²) in [5.41, 5.74) is 2.86. The predicted octanol–water partition coefficient (Wildman–Crippen LogP) is 5.71. The zero-order chi connectivity index (χ0) is 21.3. The fourth-order valence-electron chi connectivity index (χ4n) is 3.78. The zero-order valence-electron chi connectivity index (χ0n) is 17.6. The van der Waals surface area contributed by atoms with Crippen molar-refractivity contribution in [2.45, 2.75) is 44.9 Å². The second-order valence-corrected chi connectivity index (χ2v) is 9.32. The molecule has 1 aromatic heterocycles. The van der Waals surface area contributed by atoms with Gasteiger partial charge in [0.15, 0.2) is 0 Å². The molecule has 0 radical (unpaired) electrons. The van der Waals surface area contributed by atoms with Crippen LogP contribution in [-0.4, -0.2) is 34.0 Å². The Labute approximate surface area is 182 Å². The first-order chi connectivity index (χ1) is 14.3. The molecule has 0 aliphatic carbocycles. The molecule has 0 unspecified atom stereocenters. The predicted molar refractivity (Wildman–Crippen MR) is 118 cm³/mol. The van der Waals surface area contributed by atoms with Crippen molar-refractivity contribution < 1.29 is 9.32 Å². The van der Waals surface area contributed by atoms with Crippen molar-refractivity contribution in [2.75, 3.05) is 13.1 Å². The number of piperidine rings is 1. The fraction of sp³-hybridized carbons (Fsp3) is 0.375. The van der Waals surface area contributed by atoms with E-state index in [1.54, 1.807) is 12.1 Å². The third kappa shape index (κ3) is 4.41. The van der Waals surface area contributed by atoms with Gasteiger partial charge in [0.2, 0.25) is 11.7 Å². The second-order valence-electron chi connectivity index (χ2n) is 8.88. The van der Waals surface area contributed by atoms with Crippen LogP contribution >= 0.6 is 11.6 Å². The molecule has 1 aliphatic heterocycles. The van der Waals surface area contributed by atoms with E-state index in [2.05, 4.69) is 30.9 Å². The van der Waals surface area contributed by atoms with Crippen molar-refractivity contribution in [2.24, 2.45) is 0 Å². The van der Waals surface area contributed by atoms with E-state index in [9.17, 15) is 4.79 Å². The molecule has 0 bridgehead atoms. The fourth-order valence-corrected chi connectivity index (χ4v) is 3.90. The van der Waals surface area contributed by atoms with Gasteiger partial charge in [0, 0.05) is 29.2 Å². The molecular weight excluding hydrogens is 398 g/mol. The molecule has 5 nitrogen and oxygen atoms in total. The molecular formula is C24H26ClN3O2. The highest BCUT2D eigenvalue weighted by Crippen LogP contribution is 2.29. The Morgan fingerprint density at radius 3 is 2.47 bits per heavy atom. The number of hydrogen-bond donors (Lipinski definition) is 0. The van der Waals surface area contributed by atoms with E-state index in [4.69, 9.17) is 16.1 Å². The summed E-state index contributed by atoms with van der Waals surface area (Å²) in [6.07, 6.45) is 1.84. The number of nitrogens with zero attached hydrogens (tertiary/aromatic N) is 3. The van der Waals surface area contributed by atoms with E-state index in [0.29, 0.717) is 23.3 Å². The van der Waals surface area contributed by atoms with Gasteiger partial charge in [-0.2, -0.15) is 4.98 Å². The summed E-state index contributed by atoms with van der Waals surface area (Å²) in [5, 5.41) is 4.79. The highest BCUT2D eigenvalue weighted by Gasteiger charge is 2.29. The largest absolute Gasteiger partial charge is 0.339 e. The van der Waals surface area contributed by atoms with Gasteiger partial charge in [0.05, 0.1) is 5.92 Å². The summed E-state index contributed by atoms with van der Waals surface area (Å²) >= 11 is 5.95. The van der Waals surface area contributed by atoms with Crippen LogP contribution in [-0.2, 0) is 5.41 Å². The van der Waals surface area contributed by atoms with Crippen molar-refractivity contribution in [3.8, 4) is 11.4 Å². The van der Waals surface area contributed by atoms with Gasteiger partial charge in [0.1, 0.15) is 0 Å². The van der Waals surface area contributed by atoms with Crippen LogP contribution in [0.15, 0.2) is 53.1 Å². The topological polar surface area (TPSA) is 59.2 Å². The first-order valence-corrected chi connectivity index (χ1v) is 10.7. The highest BCUT2D eigenvalue weighted by atomic mass is 35.5. The van der Waals surface area contributed by atoms with Crippen LogP contribution in [0.2, 0.25) is 5.02 Å². The minimum atomic E-state index is 0.0464. The van der Waals surface area contributed by atoms with Gasteiger partial charge < -0.3 is 9.42 Å². The number of hydrogen-bond acceptors (Lipinski definition) is 4. The van der Waals surface area contributed by atoms with Crippen LogP contribution in [0.4, 0.5) is 0 Å². The Morgan fingerprint density at radius 1 is 1.10 bits per heavy atom. The Hall–Kier alpha value is -2.66. The summed E-state index contributed by atoms with van der Waals surface area (Å²) in [7, 11) is 0. The molecule has 2 aromatic carbocycles. The van der Waals surface area contributed by atoms with E-state index in [0.717, 1.165) is 30.5 Å². The van der Waals surface area contributed by atoms with E-state index in [1.807, 2.05) is 41.3 Å². The number of likely N-dealkylation sites (tertiary alicyclic amines) is 1. The quantitative estimate of drug-likeness (QED) is 0.541. The first kappa shape index (κ1) is 20.6.